The van der Waals surface area contributed by atoms with Crippen LogP contribution >= 0.6 is 11.6 Å². The van der Waals surface area contributed by atoms with E-state index in [-0.39, 0.29) is 18.1 Å². The predicted octanol–water partition coefficient (Wildman–Crippen LogP) is 2.89. The Labute approximate surface area is 192 Å². The summed E-state index contributed by atoms with van der Waals surface area (Å²) in [6.45, 7) is 2.08. The van der Waals surface area contributed by atoms with E-state index in [2.05, 4.69) is 9.88 Å². The lowest BCUT2D eigenvalue weighted by Crippen LogP contribution is -2.67. The van der Waals surface area contributed by atoms with Gasteiger partial charge in [-0.2, -0.15) is 0 Å². The van der Waals surface area contributed by atoms with Gasteiger partial charge >= 0.3 is 0 Å². The molecule has 1 spiro atoms. The van der Waals surface area contributed by atoms with E-state index >= 15 is 0 Å². The second kappa shape index (κ2) is 7.74. The summed E-state index contributed by atoms with van der Waals surface area (Å²) in [4.78, 5) is 5.76. The molecule has 3 aromatic rings. The molecular weight excluding hydrogens is 450 g/mol. The van der Waals surface area contributed by atoms with Crippen molar-refractivity contribution in [1.29, 1.82) is 0 Å². The van der Waals surface area contributed by atoms with Gasteiger partial charge in [0.25, 0.3) is 0 Å². The molecule has 0 aliphatic carbocycles. The van der Waals surface area contributed by atoms with Gasteiger partial charge in [0, 0.05) is 59.3 Å². The van der Waals surface area contributed by atoms with Gasteiger partial charge in [0.05, 0.1) is 26.0 Å². The average Bonchev–Trinajstić information content (AvgIpc) is 3.11. The van der Waals surface area contributed by atoms with Crippen molar-refractivity contribution < 1.29 is 18.3 Å². The highest BCUT2D eigenvalue weighted by Gasteiger charge is 2.54. The molecule has 2 aromatic carbocycles. The molecule has 3 heterocycles. The molecule has 0 radical (unpaired) electrons. The van der Waals surface area contributed by atoms with Gasteiger partial charge in [0.2, 0.25) is 10.0 Å². The lowest BCUT2D eigenvalue weighted by atomic mass is 9.70. The average molecular weight is 476 g/mol. The second-order valence-electron chi connectivity index (χ2n) is 8.87. The Kier molecular flexibility index (Phi) is 5.26. The number of nitrogens with zero attached hydrogens (tertiary/aromatic N) is 2. The molecule has 1 saturated heterocycles. The Bertz CT molecular complexity index is 1270. The summed E-state index contributed by atoms with van der Waals surface area (Å²) in [6.07, 6.45) is 1.26. The minimum Gasteiger partial charge on any atom is -0.497 e. The molecule has 32 heavy (non-hydrogen) atoms. The third-order valence-electron chi connectivity index (χ3n) is 6.74. The number of aromatic nitrogens is 1. The smallest absolute Gasteiger partial charge is 0.211 e. The highest BCUT2D eigenvalue weighted by Crippen LogP contribution is 2.49. The maximum atomic E-state index is 12.2. The van der Waals surface area contributed by atoms with Crippen LogP contribution < -0.4 is 4.74 Å². The molecule has 2 N–H and O–H groups in total. The first-order valence-corrected chi connectivity index (χ1v) is 12.7. The zero-order valence-corrected chi connectivity index (χ0v) is 19.6. The first kappa shape index (κ1) is 21.7. The fourth-order valence-electron chi connectivity index (χ4n) is 5.22. The number of sulfonamides is 1. The summed E-state index contributed by atoms with van der Waals surface area (Å²) >= 11 is 6.05. The molecule has 2 aliphatic rings. The number of H-pyrrole nitrogens is 1. The normalized spacial score (nSPS) is 20.9. The Morgan fingerprint density at radius 1 is 1.19 bits per heavy atom. The maximum Gasteiger partial charge on any atom is 0.211 e. The van der Waals surface area contributed by atoms with Crippen LogP contribution in [0.3, 0.4) is 0 Å². The topological polar surface area (TPSA) is 85.9 Å². The van der Waals surface area contributed by atoms with Gasteiger partial charge in [0.1, 0.15) is 5.75 Å². The lowest BCUT2D eigenvalue weighted by molar-refractivity contribution is 0.0260. The van der Waals surface area contributed by atoms with E-state index in [1.807, 2.05) is 42.5 Å². The molecule has 170 valence electrons. The molecule has 0 amide bonds. The number of rotatable bonds is 5. The monoisotopic (exact) mass is 475 g/mol. The molecule has 1 aromatic heterocycles. The van der Waals surface area contributed by atoms with Crippen molar-refractivity contribution in [2.45, 2.75) is 18.0 Å². The third kappa shape index (κ3) is 3.50. The van der Waals surface area contributed by atoms with Crippen LogP contribution in [-0.4, -0.2) is 67.3 Å². The first-order valence-electron chi connectivity index (χ1n) is 10.5. The quantitative estimate of drug-likeness (QED) is 0.592. The van der Waals surface area contributed by atoms with E-state index in [0.29, 0.717) is 31.2 Å². The number of hydrogen-bond donors (Lipinski definition) is 2. The SMILES string of the molecule is COc1ccc2c3c([nH]c2c1)[C@@H](CO)N(Cc1ccc(Cl)cc1)CC31CN(S(C)(=O)=O)C1. The van der Waals surface area contributed by atoms with Gasteiger partial charge in [-0.25, -0.2) is 12.7 Å². The van der Waals surface area contributed by atoms with E-state index in [0.717, 1.165) is 33.5 Å². The van der Waals surface area contributed by atoms with Gasteiger partial charge in [-0.15, -0.1) is 0 Å². The summed E-state index contributed by atoms with van der Waals surface area (Å²) in [6, 6.07) is 13.4. The minimum atomic E-state index is -3.27. The van der Waals surface area contributed by atoms with Gasteiger partial charge < -0.3 is 14.8 Å². The van der Waals surface area contributed by atoms with Crippen molar-refractivity contribution in [3.8, 4) is 5.75 Å². The minimum absolute atomic E-state index is 0.0452. The summed E-state index contributed by atoms with van der Waals surface area (Å²) in [5.74, 6) is 0.745. The molecule has 2 aliphatic heterocycles. The summed E-state index contributed by atoms with van der Waals surface area (Å²) in [5, 5.41) is 12.1. The molecule has 5 rings (SSSR count). The van der Waals surface area contributed by atoms with Crippen molar-refractivity contribution >= 4 is 32.5 Å². The number of benzene rings is 2. The number of aromatic amines is 1. The molecule has 7 nitrogen and oxygen atoms in total. The number of nitrogens with one attached hydrogen (secondary N) is 1. The Morgan fingerprint density at radius 2 is 1.91 bits per heavy atom. The van der Waals surface area contributed by atoms with Gasteiger partial charge in [-0.05, 0) is 35.4 Å². The van der Waals surface area contributed by atoms with Crippen LogP contribution in [0.5, 0.6) is 5.75 Å². The lowest BCUT2D eigenvalue weighted by Gasteiger charge is -2.55. The Morgan fingerprint density at radius 3 is 2.53 bits per heavy atom. The predicted molar refractivity (Wildman–Crippen MR) is 125 cm³/mol. The van der Waals surface area contributed by atoms with Crippen LogP contribution in [0.2, 0.25) is 5.02 Å². The molecule has 1 fully saturated rings. The number of hydrogen-bond acceptors (Lipinski definition) is 5. The number of methoxy groups -OCH3 is 1. The molecule has 0 unspecified atom stereocenters. The summed E-state index contributed by atoms with van der Waals surface area (Å²) in [7, 11) is -1.64. The maximum absolute atomic E-state index is 12.2. The van der Waals surface area contributed by atoms with Gasteiger partial charge in [-0.3, -0.25) is 4.90 Å². The van der Waals surface area contributed by atoms with Crippen molar-refractivity contribution in [1.82, 2.24) is 14.2 Å². The Hall–Kier alpha value is -2.10. The molecular formula is C23H26ClN3O4S. The first-order chi connectivity index (χ1) is 15.2. The number of halogens is 1. The van der Waals surface area contributed by atoms with Crippen LogP contribution in [0.25, 0.3) is 10.9 Å². The largest absolute Gasteiger partial charge is 0.497 e. The van der Waals surface area contributed by atoms with Crippen LogP contribution in [0, 0.1) is 0 Å². The van der Waals surface area contributed by atoms with Crippen molar-refractivity contribution in [3.63, 3.8) is 0 Å². The van der Waals surface area contributed by atoms with Gasteiger partial charge in [-0.1, -0.05) is 23.7 Å². The number of fused-ring (bicyclic) bond motifs is 4. The highest BCUT2D eigenvalue weighted by molar-refractivity contribution is 7.88. The number of aliphatic hydroxyl groups excluding tert-OH is 1. The second-order valence-corrected chi connectivity index (χ2v) is 11.3. The zero-order valence-electron chi connectivity index (χ0n) is 18.0. The number of ether oxygens (including phenoxy) is 1. The van der Waals surface area contributed by atoms with Gasteiger partial charge in [0.15, 0.2) is 0 Å². The van der Waals surface area contributed by atoms with E-state index < -0.39 is 10.0 Å². The van der Waals surface area contributed by atoms with E-state index in [1.165, 1.54) is 10.6 Å². The number of aliphatic hydroxyl groups is 1. The van der Waals surface area contributed by atoms with Crippen molar-refractivity contribution in [2.24, 2.45) is 0 Å². The summed E-state index contributed by atoms with van der Waals surface area (Å²) in [5.41, 5.74) is 3.73. The molecule has 9 heteroatoms. The Balaban J connectivity index is 1.61. The van der Waals surface area contributed by atoms with Crippen LogP contribution in [-0.2, 0) is 22.0 Å². The zero-order chi connectivity index (χ0) is 22.7. The van der Waals surface area contributed by atoms with E-state index in [4.69, 9.17) is 16.3 Å². The highest BCUT2D eigenvalue weighted by atomic mass is 35.5. The fraction of sp³-hybridized carbons (Fsp3) is 0.391. The third-order valence-corrected chi connectivity index (χ3v) is 8.19. The van der Waals surface area contributed by atoms with Crippen molar-refractivity contribution in [3.05, 3.63) is 64.3 Å². The van der Waals surface area contributed by atoms with E-state index in [9.17, 15) is 13.5 Å². The standard InChI is InChI=1S/C23H26ClN3O4S/c1-31-17-7-8-18-19(9-17)25-22-20(11-28)26(10-15-3-5-16(24)6-4-15)12-23(21(18)22)13-27(14-23)32(2,29)30/h3-9,20,25,28H,10-14H2,1-2H3/t20-/m1/s1. The van der Waals surface area contributed by atoms with Crippen LogP contribution in [0.15, 0.2) is 42.5 Å². The summed E-state index contributed by atoms with van der Waals surface area (Å²) < 4.78 is 31.3. The van der Waals surface area contributed by atoms with Crippen LogP contribution in [0.4, 0.5) is 0 Å². The molecule has 0 bridgehead atoms. The molecule has 0 saturated carbocycles. The van der Waals surface area contributed by atoms with E-state index in [1.54, 1.807) is 7.11 Å². The fourth-order valence-corrected chi connectivity index (χ4v) is 6.31. The molecule has 1 atom stereocenters. The van der Waals surface area contributed by atoms with Crippen molar-refractivity contribution in [2.75, 3.05) is 39.6 Å². The van der Waals surface area contributed by atoms with Crippen LogP contribution in [0.1, 0.15) is 22.9 Å².